The van der Waals surface area contributed by atoms with Gasteiger partial charge in [0.2, 0.25) is 0 Å². The molecule has 2 nitrogen and oxygen atoms in total. The molecule has 0 saturated heterocycles. The highest BCUT2D eigenvalue weighted by molar-refractivity contribution is 7.09. The monoisotopic (exact) mass is 268 g/mol. The SMILES string of the molecule is CCCC(CN)(CCC)N(CC)Cc1cccs1. The molecule has 0 radical (unpaired) electrons. The predicted molar refractivity (Wildman–Crippen MR) is 82.0 cm³/mol. The number of likely N-dealkylation sites (N-methyl/N-ethyl adjacent to an activating group) is 1. The first-order valence-electron chi connectivity index (χ1n) is 7.20. The van der Waals surface area contributed by atoms with Gasteiger partial charge in [0.25, 0.3) is 0 Å². The van der Waals surface area contributed by atoms with Crippen molar-refractivity contribution in [3.05, 3.63) is 22.4 Å². The van der Waals surface area contributed by atoms with Gasteiger partial charge in [0.1, 0.15) is 0 Å². The van der Waals surface area contributed by atoms with Crippen LogP contribution in [0.4, 0.5) is 0 Å². The van der Waals surface area contributed by atoms with Gasteiger partial charge < -0.3 is 5.73 Å². The molecule has 0 aliphatic rings. The van der Waals surface area contributed by atoms with E-state index >= 15 is 0 Å². The average molecular weight is 268 g/mol. The maximum absolute atomic E-state index is 6.15. The highest BCUT2D eigenvalue weighted by atomic mass is 32.1. The summed E-state index contributed by atoms with van der Waals surface area (Å²) in [6.45, 7) is 9.68. The van der Waals surface area contributed by atoms with Crippen LogP contribution in [0, 0.1) is 0 Å². The first kappa shape index (κ1) is 15.7. The van der Waals surface area contributed by atoms with E-state index in [0.29, 0.717) is 0 Å². The van der Waals surface area contributed by atoms with Gasteiger partial charge in [-0.25, -0.2) is 0 Å². The Morgan fingerprint density at radius 2 is 1.89 bits per heavy atom. The summed E-state index contributed by atoms with van der Waals surface area (Å²) in [5.41, 5.74) is 6.34. The lowest BCUT2D eigenvalue weighted by Gasteiger charge is -2.43. The van der Waals surface area contributed by atoms with Crippen LogP contribution in [-0.2, 0) is 6.54 Å². The first-order valence-corrected chi connectivity index (χ1v) is 8.07. The highest BCUT2D eigenvalue weighted by Gasteiger charge is 2.32. The van der Waals surface area contributed by atoms with Crippen molar-refractivity contribution in [3.63, 3.8) is 0 Å². The van der Waals surface area contributed by atoms with Gasteiger partial charge in [0.05, 0.1) is 0 Å². The van der Waals surface area contributed by atoms with Gasteiger partial charge in [-0.05, 0) is 30.8 Å². The van der Waals surface area contributed by atoms with Crippen molar-refractivity contribution < 1.29 is 0 Å². The lowest BCUT2D eigenvalue weighted by atomic mass is 9.86. The third kappa shape index (κ3) is 3.81. The molecule has 18 heavy (non-hydrogen) atoms. The molecule has 0 bridgehead atoms. The normalized spacial score (nSPS) is 12.3. The van der Waals surface area contributed by atoms with Crippen molar-refractivity contribution in [2.75, 3.05) is 13.1 Å². The number of hydrogen-bond acceptors (Lipinski definition) is 3. The van der Waals surface area contributed by atoms with Crippen LogP contribution in [-0.4, -0.2) is 23.5 Å². The quantitative estimate of drug-likeness (QED) is 0.736. The molecule has 0 amide bonds. The second-order valence-corrected chi connectivity index (χ2v) is 6.05. The topological polar surface area (TPSA) is 29.3 Å². The first-order chi connectivity index (χ1) is 8.72. The van der Waals surface area contributed by atoms with Crippen LogP contribution in [0.1, 0.15) is 51.3 Å². The highest BCUT2D eigenvalue weighted by Crippen LogP contribution is 2.28. The van der Waals surface area contributed by atoms with Crippen molar-refractivity contribution in [3.8, 4) is 0 Å². The molecule has 0 aromatic carbocycles. The van der Waals surface area contributed by atoms with E-state index in [4.69, 9.17) is 5.73 Å². The minimum absolute atomic E-state index is 0.197. The lowest BCUT2D eigenvalue weighted by molar-refractivity contribution is 0.0730. The Labute approximate surface area is 116 Å². The zero-order chi connectivity index (χ0) is 13.4. The summed E-state index contributed by atoms with van der Waals surface area (Å²) >= 11 is 1.85. The van der Waals surface area contributed by atoms with Gasteiger partial charge in [-0.2, -0.15) is 0 Å². The molecule has 0 spiro atoms. The largest absolute Gasteiger partial charge is 0.329 e. The predicted octanol–water partition coefficient (Wildman–Crippen LogP) is 3.87. The maximum atomic E-state index is 6.15. The summed E-state index contributed by atoms with van der Waals surface area (Å²) < 4.78 is 0. The zero-order valence-electron chi connectivity index (χ0n) is 12.1. The zero-order valence-corrected chi connectivity index (χ0v) is 12.9. The molecule has 1 rings (SSSR count). The molecule has 3 heteroatoms. The molecule has 2 N–H and O–H groups in total. The van der Waals surface area contributed by atoms with Crippen molar-refractivity contribution in [1.29, 1.82) is 0 Å². The molecule has 0 unspecified atom stereocenters. The van der Waals surface area contributed by atoms with Crippen molar-refractivity contribution in [2.24, 2.45) is 5.73 Å². The molecule has 0 atom stereocenters. The second kappa shape index (κ2) is 7.93. The van der Waals surface area contributed by atoms with Gasteiger partial charge in [0, 0.05) is 23.5 Å². The average Bonchev–Trinajstić information content (AvgIpc) is 2.88. The van der Waals surface area contributed by atoms with Gasteiger partial charge in [-0.1, -0.05) is 39.7 Å². The molecule has 1 heterocycles. The molecular formula is C15H28N2S. The van der Waals surface area contributed by atoms with Crippen LogP contribution in [0.5, 0.6) is 0 Å². The summed E-state index contributed by atoms with van der Waals surface area (Å²) in [7, 11) is 0. The van der Waals surface area contributed by atoms with E-state index in [1.807, 2.05) is 11.3 Å². The fourth-order valence-corrected chi connectivity index (χ4v) is 3.63. The number of thiophene rings is 1. The van der Waals surface area contributed by atoms with Gasteiger partial charge >= 0.3 is 0 Å². The lowest BCUT2D eigenvalue weighted by Crippen LogP contribution is -2.53. The smallest absolute Gasteiger partial charge is 0.0335 e. The summed E-state index contributed by atoms with van der Waals surface area (Å²) in [6, 6.07) is 4.37. The van der Waals surface area contributed by atoms with E-state index < -0.39 is 0 Å². The number of rotatable bonds is 9. The van der Waals surface area contributed by atoms with E-state index in [2.05, 4.69) is 43.2 Å². The van der Waals surface area contributed by atoms with E-state index in [1.54, 1.807) is 0 Å². The van der Waals surface area contributed by atoms with Crippen molar-refractivity contribution in [2.45, 2.75) is 58.5 Å². The van der Waals surface area contributed by atoms with E-state index in [1.165, 1.54) is 30.6 Å². The van der Waals surface area contributed by atoms with Gasteiger partial charge in [0.15, 0.2) is 0 Å². The Kier molecular flexibility index (Phi) is 6.90. The summed E-state index contributed by atoms with van der Waals surface area (Å²) in [6.07, 6.45) is 4.82. The fraction of sp³-hybridized carbons (Fsp3) is 0.733. The van der Waals surface area contributed by atoms with Gasteiger partial charge in [-0.15, -0.1) is 11.3 Å². The summed E-state index contributed by atoms with van der Waals surface area (Å²) in [4.78, 5) is 4.04. The molecular weight excluding hydrogens is 240 g/mol. The van der Waals surface area contributed by atoms with Crippen LogP contribution in [0.3, 0.4) is 0 Å². The van der Waals surface area contributed by atoms with Crippen molar-refractivity contribution in [1.82, 2.24) is 4.90 Å². The minimum Gasteiger partial charge on any atom is -0.329 e. The van der Waals surface area contributed by atoms with Crippen LogP contribution < -0.4 is 5.73 Å². The van der Waals surface area contributed by atoms with Crippen LogP contribution >= 0.6 is 11.3 Å². The Hall–Kier alpha value is -0.380. The Morgan fingerprint density at radius 1 is 1.22 bits per heavy atom. The minimum atomic E-state index is 0.197. The second-order valence-electron chi connectivity index (χ2n) is 5.02. The number of nitrogens with two attached hydrogens (primary N) is 1. The Balaban J connectivity index is 2.84. The van der Waals surface area contributed by atoms with Crippen molar-refractivity contribution >= 4 is 11.3 Å². The van der Waals surface area contributed by atoms with E-state index in [9.17, 15) is 0 Å². The molecule has 0 saturated carbocycles. The summed E-state index contributed by atoms with van der Waals surface area (Å²) in [5, 5.41) is 2.16. The standard InChI is InChI=1S/C15H28N2S/c1-4-9-15(13-16,10-5-2)17(6-3)12-14-8-7-11-18-14/h7-8,11H,4-6,9-10,12-13,16H2,1-3H3. The Morgan fingerprint density at radius 3 is 2.28 bits per heavy atom. The van der Waals surface area contributed by atoms with Crippen LogP contribution in [0.25, 0.3) is 0 Å². The molecule has 1 aromatic rings. The maximum Gasteiger partial charge on any atom is 0.0335 e. The van der Waals surface area contributed by atoms with E-state index in [-0.39, 0.29) is 5.54 Å². The van der Waals surface area contributed by atoms with Crippen LogP contribution in [0.2, 0.25) is 0 Å². The third-order valence-corrected chi connectivity index (χ3v) is 4.65. The van der Waals surface area contributed by atoms with Crippen LogP contribution in [0.15, 0.2) is 17.5 Å². The number of nitrogens with zero attached hydrogens (tertiary/aromatic N) is 1. The molecule has 104 valence electrons. The molecule has 0 fully saturated rings. The number of hydrogen-bond donors (Lipinski definition) is 1. The Bertz CT molecular complexity index is 302. The fourth-order valence-electron chi connectivity index (χ4n) is 2.91. The van der Waals surface area contributed by atoms with Gasteiger partial charge in [-0.3, -0.25) is 4.90 Å². The third-order valence-electron chi connectivity index (χ3n) is 3.79. The summed E-state index contributed by atoms with van der Waals surface area (Å²) in [5.74, 6) is 0. The molecule has 0 aliphatic heterocycles. The van der Waals surface area contributed by atoms with E-state index in [0.717, 1.165) is 19.6 Å². The molecule has 0 aliphatic carbocycles. The molecule has 1 aromatic heterocycles.